The van der Waals surface area contributed by atoms with Crippen molar-refractivity contribution >= 4 is 5.69 Å². The molecule has 118 valence electrons. The minimum absolute atomic E-state index is 0.0119. The SMILES string of the molecule is COCOc1ccc([N+](=O)[O-])cc1C#CCCc1ccccc1. The van der Waals surface area contributed by atoms with Crippen molar-refractivity contribution in [1.82, 2.24) is 0 Å². The van der Waals surface area contributed by atoms with Gasteiger partial charge >= 0.3 is 0 Å². The third-order valence-corrected chi connectivity index (χ3v) is 3.11. The van der Waals surface area contributed by atoms with Crippen molar-refractivity contribution in [2.45, 2.75) is 12.8 Å². The second-order valence-electron chi connectivity index (χ2n) is 4.78. The highest BCUT2D eigenvalue weighted by molar-refractivity contribution is 5.52. The molecule has 0 bridgehead atoms. The van der Waals surface area contributed by atoms with Crippen molar-refractivity contribution in [3.05, 3.63) is 69.8 Å². The topological polar surface area (TPSA) is 61.6 Å². The molecule has 0 saturated heterocycles. The predicted molar refractivity (Wildman–Crippen MR) is 87.2 cm³/mol. The van der Waals surface area contributed by atoms with Crippen LogP contribution in [-0.2, 0) is 11.2 Å². The van der Waals surface area contributed by atoms with Crippen molar-refractivity contribution in [2.24, 2.45) is 0 Å². The second kappa shape index (κ2) is 8.57. The number of nitro benzene ring substituents is 1. The molecule has 0 aliphatic heterocycles. The summed E-state index contributed by atoms with van der Waals surface area (Å²) in [6.07, 6.45) is 1.49. The van der Waals surface area contributed by atoms with Crippen LogP contribution in [0.15, 0.2) is 48.5 Å². The molecule has 0 radical (unpaired) electrons. The first kappa shape index (κ1) is 16.5. The fourth-order valence-corrected chi connectivity index (χ4v) is 1.99. The van der Waals surface area contributed by atoms with Gasteiger partial charge in [-0.1, -0.05) is 42.2 Å². The Labute approximate surface area is 135 Å². The summed E-state index contributed by atoms with van der Waals surface area (Å²) >= 11 is 0. The van der Waals surface area contributed by atoms with E-state index in [1.54, 1.807) is 6.07 Å². The smallest absolute Gasteiger partial charge is 0.270 e. The molecular weight excluding hydrogens is 294 g/mol. The monoisotopic (exact) mass is 311 g/mol. The van der Waals surface area contributed by atoms with Crippen molar-refractivity contribution < 1.29 is 14.4 Å². The summed E-state index contributed by atoms with van der Waals surface area (Å²) in [5, 5.41) is 10.9. The summed E-state index contributed by atoms with van der Waals surface area (Å²) in [6, 6.07) is 14.4. The Morgan fingerprint density at radius 2 is 1.96 bits per heavy atom. The first-order chi connectivity index (χ1) is 11.2. The van der Waals surface area contributed by atoms with Crippen LogP contribution in [-0.4, -0.2) is 18.8 Å². The maximum absolute atomic E-state index is 10.9. The third kappa shape index (κ3) is 5.13. The fourth-order valence-electron chi connectivity index (χ4n) is 1.99. The predicted octanol–water partition coefficient (Wildman–Crippen LogP) is 3.56. The van der Waals surface area contributed by atoms with Crippen LogP contribution in [0.1, 0.15) is 17.5 Å². The fraction of sp³-hybridized carbons (Fsp3) is 0.222. The number of hydrogen-bond donors (Lipinski definition) is 0. The average molecular weight is 311 g/mol. The van der Waals surface area contributed by atoms with Crippen LogP contribution in [0.5, 0.6) is 5.75 Å². The molecule has 0 atom stereocenters. The zero-order valence-corrected chi connectivity index (χ0v) is 12.8. The van der Waals surface area contributed by atoms with Gasteiger partial charge in [-0.2, -0.15) is 0 Å². The van der Waals surface area contributed by atoms with Crippen LogP contribution in [0.3, 0.4) is 0 Å². The second-order valence-corrected chi connectivity index (χ2v) is 4.78. The van der Waals surface area contributed by atoms with Gasteiger partial charge in [0.15, 0.2) is 6.79 Å². The Balaban J connectivity index is 2.11. The summed E-state index contributed by atoms with van der Waals surface area (Å²) in [5.74, 6) is 6.47. The number of non-ortho nitro benzene ring substituents is 1. The summed E-state index contributed by atoms with van der Waals surface area (Å²) in [7, 11) is 1.51. The number of rotatable bonds is 6. The zero-order valence-electron chi connectivity index (χ0n) is 12.8. The van der Waals surface area contributed by atoms with E-state index in [-0.39, 0.29) is 12.5 Å². The summed E-state index contributed by atoms with van der Waals surface area (Å²) in [4.78, 5) is 10.4. The number of nitrogens with zero attached hydrogens (tertiary/aromatic N) is 1. The van der Waals surface area contributed by atoms with Crippen LogP contribution in [0.25, 0.3) is 0 Å². The molecular formula is C18H17NO4. The van der Waals surface area contributed by atoms with Crippen LogP contribution >= 0.6 is 0 Å². The molecule has 0 amide bonds. The van der Waals surface area contributed by atoms with E-state index in [4.69, 9.17) is 9.47 Å². The molecule has 0 aliphatic carbocycles. The van der Waals surface area contributed by atoms with Gasteiger partial charge in [-0.15, -0.1) is 0 Å². The Morgan fingerprint density at radius 3 is 2.65 bits per heavy atom. The normalized spacial score (nSPS) is 9.78. The number of nitro groups is 1. The van der Waals surface area contributed by atoms with Gasteiger partial charge in [0.2, 0.25) is 0 Å². The largest absolute Gasteiger partial charge is 0.466 e. The van der Waals surface area contributed by atoms with E-state index in [0.29, 0.717) is 17.7 Å². The minimum Gasteiger partial charge on any atom is -0.466 e. The van der Waals surface area contributed by atoms with Crippen LogP contribution in [0.2, 0.25) is 0 Å². The standard InChI is InChI=1S/C18H17NO4/c1-22-14-23-18-12-11-17(19(20)21)13-16(18)10-6-5-9-15-7-3-2-4-8-15/h2-4,7-8,11-13H,5,9,14H2,1H3. The van der Waals surface area contributed by atoms with E-state index in [9.17, 15) is 10.1 Å². The Kier molecular flexibility index (Phi) is 6.16. The van der Waals surface area contributed by atoms with Gasteiger partial charge in [-0.3, -0.25) is 10.1 Å². The molecule has 2 rings (SSSR count). The van der Waals surface area contributed by atoms with E-state index >= 15 is 0 Å². The van der Waals surface area contributed by atoms with Gasteiger partial charge < -0.3 is 9.47 Å². The Bertz CT molecular complexity index is 717. The maximum Gasteiger partial charge on any atom is 0.270 e. The van der Waals surface area contributed by atoms with E-state index in [1.807, 2.05) is 30.3 Å². The lowest BCUT2D eigenvalue weighted by molar-refractivity contribution is -0.384. The number of methoxy groups -OCH3 is 1. The highest BCUT2D eigenvalue weighted by atomic mass is 16.7. The highest BCUT2D eigenvalue weighted by Crippen LogP contribution is 2.23. The molecule has 5 nitrogen and oxygen atoms in total. The van der Waals surface area contributed by atoms with Gasteiger partial charge in [-0.05, 0) is 18.1 Å². The molecule has 0 fully saturated rings. The molecule has 0 aromatic heterocycles. The molecule has 0 saturated carbocycles. The maximum atomic E-state index is 10.9. The third-order valence-electron chi connectivity index (χ3n) is 3.11. The number of benzene rings is 2. The van der Waals surface area contributed by atoms with E-state index < -0.39 is 4.92 Å². The number of hydrogen-bond acceptors (Lipinski definition) is 4. The number of ether oxygens (including phenoxy) is 2. The molecule has 0 aliphatic rings. The zero-order chi connectivity index (χ0) is 16.5. The van der Waals surface area contributed by atoms with Crippen molar-refractivity contribution in [1.29, 1.82) is 0 Å². The lowest BCUT2D eigenvalue weighted by atomic mass is 10.1. The summed E-state index contributed by atoms with van der Waals surface area (Å²) < 4.78 is 10.2. The lowest BCUT2D eigenvalue weighted by Gasteiger charge is -2.06. The summed E-state index contributed by atoms with van der Waals surface area (Å²) in [6.45, 7) is 0.0660. The molecule has 0 heterocycles. The van der Waals surface area contributed by atoms with E-state index in [0.717, 1.165) is 6.42 Å². The lowest BCUT2D eigenvalue weighted by Crippen LogP contribution is -2.01. The molecule has 0 unspecified atom stereocenters. The Hall–Kier alpha value is -2.84. The highest BCUT2D eigenvalue weighted by Gasteiger charge is 2.10. The van der Waals surface area contributed by atoms with Gasteiger partial charge in [0.05, 0.1) is 10.5 Å². The van der Waals surface area contributed by atoms with Gasteiger partial charge in [0.1, 0.15) is 5.75 Å². The first-order valence-electron chi connectivity index (χ1n) is 7.13. The van der Waals surface area contributed by atoms with Crippen LogP contribution in [0, 0.1) is 22.0 Å². The van der Waals surface area contributed by atoms with Crippen molar-refractivity contribution in [3.8, 4) is 17.6 Å². The molecule has 0 N–H and O–H groups in total. The summed E-state index contributed by atoms with van der Waals surface area (Å²) in [5.41, 5.74) is 1.68. The quantitative estimate of drug-likeness (QED) is 0.354. The van der Waals surface area contributed by atoms with Crippen molar-refractivity contribution in [3.63, 3.8) is 0 Å². The van der Waals surface area contributed by atoms with E-state index in [1.165, 1.54) is 24.8 Å². The van der Waals surface area contributed by atoms with Crippen molar-refractivity contribution in [2.75, 3.05) is 13.9 Å². The Morgan fingerprint density at radius 1 is 1.17 bits per heavy atom. The van der Waals surface area contributed by atoms with Crippen LogP contribution < -0.4 is 4.74 Å². The van der Waals surface area contributed by atoms with E-state index in [2.05, 4.69) is 11.8 Å². The molecule has 5 heteroatoms. The van der Waals surface area contributed by atoms with Gasteiger partial charge in [0, 0.05) is 25.7 Å². The number of aryl methyl sites for hydroxylation is 1. The molecule has 2 aromatic rings. The average Bonchev–Trinajstić information content (AvgIpc) is 2.58. The molecule has 0 spiro atoms. The molecule has 2 aromatic carbocycles. The van der Waals surface area contributed by atoms with Gasteiger partial charge in [-0.25, -0.2) is 0 Å². The molecule has 23 heavy (non-hydrogen) atoms. The van der Waals surface area contributed by atoms with Gasteiger partial charge in [0.25, 0.3) is 5.69 Å². The van der Waals surface area contributed by atoms with Crippen LogP contribution in [0.4, 0.5) is 5.69 Å². The minimum atomic E-state index is -0.449. The first-order valence-corrected chi connectivity index (χ1v) is 7.13.